The topological polar surface area (TPSA) is 66.0 Å². The van der Waals surface area contributed by atoms with Crippen LogP contribution in [0.5, 0.6) is 23.0 Å². The van der Waals surface area contributed by atoms with E-state index in [4.69, 9.17) is 18.9 Å². The van der Waals surface area contributed by atoms with E-state index in [1.807, 2.05) is 44.2 Å². The first-order valence-electron chi connectivity index (χ1n) is 8.82. The standard InChI is InChI=1S/C21H27NO5/c1-6-17(27-16-9-7-8-14(2)12-16)21(23)22-13-15-10-11-18(24-3)20(26-5)19(15)25-4/h7-12,17H,6,13H2,1-5H3,(H,22,23)/t17-/m0/s1. The van der Waals surface area contributed by atoms with E-state index < -0.39 is 6.10 Å². The molecule has 0 bridgehead atoms. The lowest BCUT2D eigenvalue weighted by atomic mass is 10.1. The van der Waals surface area contributed by atoms with Gasteiger partial charge in [-0.2, -0.15) is 0 Å². The maximum atomic E-state index is 12.6. The van der Waals surface area contributed by atoms with Gasteiger partial charge in [-0.15, -0.1) is 0 Å². The molecule has 0 fully saturated rings. The van der Waals surface area contributed by atoms with Crippen LogP contribution >= 0.6 is 0 Å². The van der Waals surface area contributed by atoms with Crippen molar-refractivity contribution in [2.75, 3.05) is 21.3 Å². The highest BCUT2D eigenvalue weighted by atomic mass is 16.5. The number of carbonyl (C=O) groups is 1. The molecule has 0 aliphatic rings. The van der Waals surface area contributed by atoms with Crippen LogP contribution in [-0.4, -0.2) is 33.3 Å². The van der Waals surface area contributed by atoms with E-state index in [0.717, 1.165) is 11.1 Å². The van der Waals surface area contributed by atoms with Crippen molar-refractivity contribution >= 4 is 5.91 Å². The maximum absolute atomic E-state index is 12.6. The smallest absolute Gasteiger partial charge is 0.261 e. The van der Waals surface area contributed by atoms with Crippen molar-refractivity contribution in [1.82, 2.24) is 5.32 Å². The number of nitrogens with one attached hydrogen (secondary N) is 1. The van der Waals surface area contributed by atoms with Crippen molar-refractivity contribution in [2.24, 2.45) is 0 Å². The van der Waals surface area contributed by atoms with Crippen LogP contribution < -0.4 is 24.3 Å². The summed E-state index contributed by atoms with van der Waals surface area (Å²) >= 11 is 0. The molecule has 0 spiro atoms. The number of ether oxygens (including phenoxy) is 4. The Kier molecular flexibility index (Phi) is 7.34. The Hall–Kier alpha value is -2.89. The number of hydrogen-bond donors (Lipinski definition) is 1. The lowest BCUT2D eigenvalue weighted by Gasteiger charge is -2.19. The number of amides is 1. The Balaban J connectivity index is 2.09. The van der Waals surface area contributed by atoms with Gasteiger partial charge >= 0.3 is 0 Å². The molecular formula is C21H27NO5. The van der Waals surface area contributed by atoms with Crippen LogP contribution in [0.3, 0.4) is 0 Å². The Morgan fingerprint density at radius 2 is 1.78 bits per heavy atom. The van der Waals surface area contributed by atoms with Crippen molar-refractivity contribution in [3.05, 3.63) is 47.5 Å². The second-order valence-corrected chi connectivity index (χ2v) is 6.04. The van der Waals surface area contributed by atoms with Gasteiger partial charge in [-0.1, -0.05) is 19.1 Å². The molecule has 146 valence electrons. The monoisotopic (exact) mass is 373 g/mol. The molecule has 0 heterocycles. The zero-order valence-corrected chi connectivity index (χ0v) is 16.5. The van der Waals surface area contributed by atoms with Crippen LogP contribution in [0.4, 0.5) is 0 Å². The fourth-order valence-electron chi connectivity index (χ4n) is 2.77. The minimum absolute atomic E-state index is 0.184. The Bertz CT molecular complexity index is 775. The molecule has 1 amide bonds. The van der Waals surface area contributed by atoms with Crippen LogP contribution in [0.1, 0.15) is 24.5 Å². The van der Waals surface area contributed by atoms with E-state index in [1.165, 1.54) is 0 Å². The van der Waals surface area contributed by atoms with Gasteiger partial charge in [-0.3, -0.25) is 4.79 Å². The molecule has 2 rings (SSSR count). The number of methoxy groups -OCH3 is 3. The Morgan fingerprint density at radius 1 is 1.04 bits per heavy atom. The van der Waals surface area contributed by atoms with E-state index in [-0.39, 0.29) is 12.5 Å². The third kappa shape index (κ3) is 5.06. The molecule has 6 heteroatoms. The highest BCUT2D eigenvalue weighted by molar-refractivity contribution is 5.81. The van der Waals surface area contributed by atoms with Gasteiger partial charge in [0.1, 0.15) is 5.75 Å². The average molecular weight is 373 g/mol. The first-order chi connectivity index (χ1) is 13.0. The number of hydrogen-bond acceptors (Lipinski definition) is 5. The maximum Gasteiger partial charge on any atom is 0.261 e. The van der Waals surface area contributed by atoms with Crippen molar-refractivity contribution in [1.29, 1.82) is 0 Å². The molecule has 0 saturated heterocycles. The molecule has 0 aliphatic carbocycles. The lowest BCUT2D eigenvalue weighted by Crippen LogP contribution is -2.37. The van der Waals surface area contributed by atoms with Crippen molar-refractivity contribution in [2.45, 2.75) is 32.9 Å². The molecule has 0 radical (unpaired) electrons. The van der Waals surface area contributed by atoms with E-state index >= 15 is 0 Å². The van der Waals surface area contributed by atoms with Gasteiger partial charge in [0, 0.05) is 12.1 Å². The van der Waals surface area contributed by atoms with Gasteiger partial charge in [-0.25, -0.2) is 0 Å². The molecular weight excluding hydrogens is 346 g/mol. The normalized spacial score (nSPS) is 11.4. The minimum atomic E-state index is -0.571. The van der Waals surface area contributed by atoms with E-state index in [1.54, 1.807) is 27.4 Å². The first-order valence-corrected chi connectivity index (χ1v) is 8.82. The first kappa shape index (κ1) is 20.4. The molecule has 0 saturated carbocycles. The van der Waals surface area contributed by atoms with E-state index in [0.29, 0.717) is 29.4 Å². The van der Waals surface area contributed by atoms with E-state index in [9.17, 15) is 4.79 Å². The van der Waals surface area contributed by atoms with Gasteiger partial charge in [0.15, 0.2) is 17.6 Å². The second-order valence-electron chi connectivity index (χ2n) is 6.04. The summed E-state index contributed by atoms with van der Waals surface area (Å²) in [5.74, 6) is 2.09. The summed E-state index contributed by atoms with van der Waals surface area (Å²) in [5, 5.41) is 2.91. The third-order valence-electron chi connectivity index (χ3n) is 4.17. The summed E-state index contributed by atoms with van der Waals surface area (Å²) in [6.07, 6.45) is -0.0130. The Labute approximate surface area is 160 Å². The highest BCUT2D eigenvalue weighted by Gasteiger charge is 2.20. The van der Waals surface area contributed by atoms with Gasteiger partial charge < -0.3 is 24.3 Å². The fourth-order valence-corrected chi connectivity index (χ4v) is 2.77. The summed E-state index contributed by atoms with van der Waals surface area (Å²) in [5.41, 5.74) is 1.87. The predicted molar refractivity (Wildman–Crippen MR) is 104 cm³/mol. The molecule has 0 aromatic heterocycles. The SMILES string of the molecule is CC[C@H](Oc1cccc(C)c1)C(=O)NCc1ccc(OC)c(OC)c1OC. The minimum Gasteiger partial charge on any atom is -0.493 e. The van der Waals surface area contributed by atoms with Crippen molar-refractivity contribution in [3.63, 3.8) is 0 Å². The molecule has 27 heavy (non-hydrogen) atoms. The second kappa shape index (κ2) is 9.71. The number of rotatable bonds is 9. The molecule has 0 aliphatic heterocycles. The van der Waals surface area contributed by atoms with Gasteiger partial charge in [0.05, 0.1) is 21.3 Å². The summed E-state index contributed by atoms with van der Waals surface area (Å²) in [6.45, 7) is 4.18. The van der Waals surface area contributed by atoms with Gasteiger partial charge in [-0.05, 0) is 43.2 Å². The van der Waals surface area contributed by atoms with Crippen LogP contribution in [0.15, 0.2) is 36.4 Å². The lowest BCUT2D eigenvalue weighted by molar-refractivity contribution is -0.128. The summed E-state index contributed by atoms with van der Waals surface area (Å²) in [4.78, 5) is 12.6. The van der Waals surface area contributed by atoms with Crippen LogP contribution in [0.25, 0.3) is 0 Å². The van der Waals surface area contributed by atoms with Crippen LogP contribution in [0.2, 0.25) is 0 Å². The van der Waals surface area contributed by atoms with Crippen LogP contribution in [0, 0.1) is 6.92 Å². The summed E-state index contributed by atoms with van der Waals surface area (Å²) in [6, 6.07) is 11.3. The molecule has 2 aromatic rings. The zero-order valence-electron chi connectivity index (χ0n) is 16.5. The molecule has 1 atom stereocenters. The quantitative estimate of drug-likeness (QED) is 0.729. The Morgan fingerprint density at radius 3 is 2.37 bits per heavy atom. The number of carbonyl (C=O) groups excluding carboxylic acids is 1. The summed E-state index contributed by atoms with van der Waals surface area (Å²) < 4.78 is 22.0. The summed E-state index contributed by atoms with van der Waals surface area (Å²) in [7, 11) is 4.66. The van der Waals surface area contributed by atoms with Gasteiger partial charge in [0.25, 0.3) is 5.91 Å². The van der Waals surface area contributed by atoms with Crippen molar-refractivity contribution in [3.8, 4) is 23.0 Å². The zero-order chi connectivity index (χ0) is 19.8. The van der Waals surface area contributed by atoms with Crippen LogP contribution in [-0.2, 0) is 11.3 Å². The number of benzene rings is 2. The predicted octanol–water partition coefficient (Wildman–Crippen LogP) is 3.49. The highest BCUT2D eigenvalue weighted by Crippen LogP contribution is 2.39. The van der Waals surface area contributed by atoms with Crippen molar-refractivity contribution < 1.29 is 23.7 Å². The molecule has 1 N–H and O–H groups in total. The third-order valence-corrected chi connectivity index (χ3v) is 4.17. The molecule has 6 nitrogen and oxygen atoms in total. The number of aryl methyl sites for hydroxylation is 1. The van der Waals surface area contributed by atoms with Gasteiger partial charge in [0.2, 0.25) is 5.75 Å². The fraction of sp³-hybridized carbons (Fsp3) is 0.381. The largest absolute Gasteiger partial charge is 0.493 e. The van der Waals surface area contributed by atoms with E-state index in [2.05, 4.69) is 5.32 Å². The molecule has 2 aromatic carbocycles. The molecule has 0 unspecified atom stereocenters. The average Bonchev–Trinajstić information content (AvgIpc) is 2.69.